The normalized spacial score (nSPS) is 12.0. The minimum Gasteiger partial charge on any atom is -0.457 e. The first kappa shape index (κ1) is 20.3. The molecule has 4 nitrogen and oxygen atoms in total. The van der Waals surface area contributed by atoms with E-state index in [4.69, 9.17) is 10.5 Å². The number of ether oxygens (including phenoxy) is 1. The Morgan fingerprint density at radius 2 is 1.70 bits per heavy atom. The standard InChI is InChI=1S/C23H28N2O2/c1-5-6-7-22(18(4)24)23(26)25-15-19-8-10-20(11-9-19)27-21-13-16(2)12-17(3)14-21/h6-14H,5,15,24H2,1-4H3,(H,25,26)/b7-6-,22-18-. The van der Waals surface area contributed by atoms with Gasteiger partial charge in [0.2, 0.25) is 0 Å². The zero-order valence-electron chi connectivity index (χ0n) is 16.5. The molecule has 27 heavy (non-hydrogen) atoms. The molecule has 2 aromatic rings. The topological polar surface area (TPSA) is 64.3 Å². The van der Waals surface area contributed by atoms with E-state index in [-0.39, 0.29) is 5.91 Å². The first-order chi connectivity index (χ1) is 12.9. The van der Waals surface area contributed by atoms with Crippen LogP contribution in [0.4, 0.5) is 0 Å². The van der Waals surface area contributed by atoms with Crippen molar-refractivity contribution >= 4 is 5.91 Å². The summed E-state index contributed by atoms with van der Waals surface area (Å²) in [4.78, 5) is 12.3. The van der Waals surface area contributed by atoms with Crippen molar-refractivity contribution in [2.45, 2.75) is 40.7 Å². The van der Waals surface area contributed by atoms with Crippen LogP contribution in [-0.4, -0.2) is 5.91 Å². The van der Waals surface area contributed by atoms with Crippen LogP contribution in [0.15, 0.2) is 65.9 Å². The van der Waals surface area contributed by atoms with Gasteiger partial charge in [-0.3, -0.25) is 4.79 Å². The summed E-state index contributed by atoms with van der Waals surface area (Å²) in [5.41, 5.74) is 10.2. The third kappa shape index (κ3) is 6.33. The Bertz CT molecular complexity index is 825. The lowest BCUT2D eigenvalue weighted by molar-refractivity contribution is -0.117. The fourth-order valence-corrected chi connectivity index (χ4v) is 2.70. The number of rotatable bonds is 7. The summed E-state index contributed by atoms with van der Waals surface area (Å²) in [6.07, 6.45) is 4.54. The number of hydrogen-bond acceptors (Lipinski definition) is 3. The van der Waals surface area contributed by atoms with E-state index in [9.17, 15) is 4.79 Å². The maximum Gasteiger partial charge on any atom is 0.253 e. The van der Waals surface area contributed by atoms with E-state index in [2.05, 4.69) is 11.4 Å². The zero-order chi connectivity index (χ0) is 19.8. The van der Waals surface area contributed by atoms with Gasteiger partial charge in [-0.25, -0.2) is 0 Å². The molecule has 0 saturated heterocycles. The van der Waals surface area contributed by atoms with E-state index in [0.717, 1.165) is 23.5 Å². The largest absolute Gasteiger partial charge is 0.457 e. The summed E-state index contributed by atoms with van der Waals surface area (Å²) >= 11 is 0. The summed E-state index contributed by atoms with van der Waals surface area (Å²) in [6.45, 7) is 8.27. The number of allylic oxidation sites excluding steroid dienone is 2. The molecule has 0 heterocycles. The summed E-state index contributed by atoms with van der Waals surface area (Å²) in [5.74, 6) is 1.42. The minimum absolute atomic E-state index is 0.171. The molecular weight excluding hydrogens is 336 g/mol. The number of aryl methyl sites for hydroxylation is 2. The number of carbonyl (C=O) groups is 1. The van der Waals surface area contributed by atoms with Crippen molar-refractivity contribution in [2.24, 2.45) is 5.73 Å². The molecule has 2 rings (SSSR count). The van der Waals surface area contributed by atoms with Crippen LogP contribution in [-0.2, 0) is 11.3 Å². The van der Waals surface area contributed by atoms with Crippen LogP contribution in [0.25, 0.3) is 0 Å². The van der Waals surface area contributed by atoms with E-state index < -0.39 is 0 Å². The molecule has 0 aromatic heterocycles. The molecule has 1 amide bonds. The third-order valence-electron chi connectivity index (χ3n) is 4.00. The molecule has 2 aromatic carbocycles. The third-order valence-corrected chi connectivity index (χ3v) is 4.00. The number of amides is 1. The second kappa shape index (κ2) is 9.62. The Morgan fingerprint density at radius 3 is 2.26 bits per heavy atom. The Labute approximate surface area is 161 Å². The highest BCUT2D eigenvalue weighted by Gasteiger charge is 2.08. The SMILES string of the molecule is CC/C=C\C(C(=O)NCc1ccc(Oc2cc(C)cc(C)c2)cc1)=C(/C)N. The molecule has 0 spiro atoms. The van der Waals surface area contributed by atoms with Crippen LogP contribution >= 0.6 is 0 Å². The van der Waals surface area contributed by atoms with Crippen molar-refractivity contribution in [3.63, 3.8) is 0 Å². The van der Waals surface area contributed by atoms with Crippen molar-refractivity contribution in [3.8, 4) is 11.5 Å². The fourth-order valence-electron chi connectivity index (χ4n) is 2.70. The van der Waals surface area contributed by atoms with Gasteiger partial charge in [0.1, 0.15) is 11.5 Å². The summed E-state index contributed by atoms with van der Waals surface area (Å²) in [5, 5.41) is 2.90. The number of nitrogens with one attached hydrogen (secondary N) is 1. The maximum absolute atomic E-state index is 12.3. The van der Waals surface area contributed by atoms with Gasteiger partial charge < -0.3 is 15.8 Å². The van der Waals surface area contributed by atoms with Crippen LogP contribution in [0.3, 0.4) is 0 Å². The number of carbonyl (C=O) groups excluding carboxylic acids is 1. The zero-order valence-corrected chi connectivity index (χ0v) is 16.5. The Hall–Kier alpha value is -3.01. The highest BCUT2D eigenvalue weighted by Crippen LogP contribution is 2.24. The molecule has 0 atom stereocenters. The Morgan fingerprint density at radius 1 is 1.07 bits per heavy atom. The predicted octanol–water partition coefficient (Wildman–Crippen LogP) is 4.91. The average Bonchev–Trinajstić information content (AvgIpc) is 2.60. The molecule has 3 N–H and O–H groups in total. The highest BCUT2D eigenvalue weighted by atomic mass is 16.5. The lowest BCUT2D eigenvalue weighted by Crippen LogP contribution is -2.25. The maximum atomic E-state index is 12.3. The van der Waals surface area contributed by atoms with Gasteiger partial charge in [0, 0.05) is 12.2 Å². The molecule has 142 valence electrons. The Balaban J connectivity index is 1.98. The summed E-state index contributed by atoms with van der Waals surface area (Å²) in [7, 11) is 0. The van der Waals surface area contributed by atoms with Crippen molar-refractivity contribution < 1.29 is 9.53 Å². The molecule has 0 aliphatic heterocycles. The number of hydrogen-bond donors (Lipinski definition) is 2. The molecule has 0 fully saturated rings. The van der Waals surface area contributed by atoms with E-state index in [1.807, 2.05) is 63.2 Å². The smallest absolute Gasteiger partial charge is 0.253 e. The summed E-state index contributed by atoms with van der Waals surface area (Å²) < 4.78 is 5.91. The molecule has 0 unspecified atom stereocenters. The van der Waals surface area contributed by atoms with Gasteiger partial charge in [-0.2, -0.15) is 0 Å². The minimum atomic E-state index is -0.171. The van der Waals surface area contributed by atoms with E-state index in [1.54, 1.807) is 13.0 Å². The second-order valence-corrected chi connectivity index (χ2v) is 6.66. The van der Waals surface area contributed by atoms with Crippen molar-refractivity contribution in [1.82, 2.24) is 5.32 Å². The van der Waals surface area contributed by atoms with Crippen molar-refractivity contribution in [2.75, 3.05) is 0 Å². The molecule has 0 bridgehead atoms. The van der Waals surface area contributed by atoms with E-state index in [0.29, 0.717) is 17.8 Å². The lowest BCUT2D eigenvalue weighted by atomic mass is 10.1. The number of nitrogens with two attached hydrogens (primary N) is 1. The van der Waals surface area contributed by atoms with Crippen LogP contribution in [0.1, 0.15) is 37.0 Å². The van der Waals surface area contributed by atoms with Crippen LogP contribution in [0.2, 0.25) is 0 Å². The quantitative estimate of drug-likeness (QED) is 0.542. The monoisotopic (exact) mass is 364 g/mol. The summed E-state index contributed by atoms with van der Waals surface area (Å²) in [6, 6.07) is 13.8. The van der Waals surface area contributed by atoms with Crippen molar-refractivity contribution in [1.29, 1.82) is 0 Å². The van der Waals surface area contributed by atoms with Crippen LogP contribution < -0.4 is 15.8 Å². The van der Waals surface area contributed by atoms with Gasteiger partial charge in [-0.1, -0.05) is 37.3 Å². The predicted molar refractivity (Wildman–Crippen MR) is 111 cm³/mol. The second-order valence-electron chi connectivity index (χ2n) is 6.66. The van der Waals surface area contributed by atoms with Gasteiger partial charge in [-0.05, 0) is 68.1 Å². The molecule has 4 heteroatoms. The van der Waals surface area contributed by atoms with Gasteiger partial charge >= 0.3 is 0 Å². The first-order valence-corrected chi connectivity index (χ1v) is 9.15. The molecule has 0 saturated carbocycles. The average molecular weight is 364 g/mol. The molecule has 0 aliphatic rings. The molecule has 0 aliphatic carbocycles. The van der Waals surface area contributed by atoms with Gasteiger partial charge in [0.05, 0.1) is 5.57 Å². The lowest BCUT2D eigenvalue weighted by Gasteiger charge is -2.10. The van der Waals surface area contributed by atoms with Crippen LogP contribution in [0, 0.1) is 13.8 Å². The van der Waals surface area contributed by atoms with Gasteiger partial charge in [0.25, 0.3) is 5.91 Å². The van der Waals surface area contributed by atoms with Crippen molar-refractivity contribution in [3.05, 3.63) is 82.6 Å². The molecule has 0 radical (unpaired) electrons. The Kier molecular flexibility index (Phi) is 7.24. The van der Waals surface area contributed by atoms with Gasteiger partial charge in [-0.15, -0.1) is 0 Å². The van der Waals surface area contributed by atoms with Gasteiger partial charge in [0.15, 0.2) is 0 Å². The molecular formula is C23H28N2O2. The highest BCUT2D eigenvalue weighted by molar-refractivity contribution is 5.96. The number of benzene rings is 2. The van der Waals surface area contributed by atoms with Crippen LogP contribution in [0.5, 0.6) is 11.5 Å². The van der Waals surface area contributed by atoms with E-state index >= 15 is 0 Å². The fraction of sp³-hybridized carbons (Fsp3) is 0.261. The first-order valence-electron chi connectivity index (χ1n) is 9.15. The van der Waals surface area contributed by atoms with E-state index in [1.165, 1.54) is 11.1 Å².